The van der Waals surface area contributed by atoms with Gasteiger partial charge in [0.05, 0.1) is 12.6 Å². The molecule has 0 atom stereocenters. The van der Waals surface area contributed by atoms with E-state index >= 15 is 0 Å². The Morgan fingerprint density at radius 1 is 1.20 bits per heavy atom. The van der Waals surface area contributed by atoms with Gasteiger partial charge in [0.25, 0.3) is 5.91 Å². The van der Waals surface area contributed by atoms with E-state index in [9.17, 15) is 14.0 Å². The number of aliphatic carboxylic acids is 1. The van der Waals surface area contributed by atoms with Crippen molar-refractivity contribution >= 4 is 22.8 Å². The van der Waals surface area contributed by atoms with Gasteiger partial charge in [-0.15, -0.1) is 0 Å². The van der Waals surface area contributed by atoms with Gasteiger partial charge in [0, 0.05) is 18.4 Å². The van der Waals surface area contributed by atoms with E-state index in [1.54, 1.807) is 6.07 Å². The van der Waals surface area contributed by atoms with Crippen LogP contribution in [0, 0.1) is 5.82 Å². The number of aromatic nitrogens is 1. The van der Waals surface area contributed by atoms with E-state index in [2.05, 4.69) is 10.3 Å². The van der Waals surface area contributed by atoms with E-state index in [0.717, 1.165) is 25.7 Å². The Hall–Kier alpha value is -2.57. The largest absolute Gasteiger partial charge is 0.496 e. The number of carboxylic acid groups (broad SMARTS) is 1. The number of hydrogen-bond acceptors (Lipinski definition) is 3. The van der Waals surface area contributed by atoms with Crippen LogP contribution in [0.3, 0.4) is 0 Å². The van der Waals surface area contributed by atoms with Gasteiger partial charge in [-0.3, -0.25) is 9.59 Å². The van der Waals surface area contributed by atoms with Crippen LogP contribution in [0.1, 0.15) is 49.0 Å². The number of rotatable bonds is 10. The minimum atomic E-state index is -0.765. The van der Waals surface area contributed by atoms with Crippen LogP contribution < -0.4 is 10.1 Å². The fourth-order valence-corrected chi connectivity index (χ4v) is 2.69. The van der Waals surface area contributed by atoms with Crippen molar-refractivity contribution in [3.05, 3.63) is 29.7 Å². The molecule has 0 aliphatic carbocycles. The zero-order valence-electron chi connectivity index (χ0n) is 14.2. The van der Waals surface area contributed by atoms with Crippen LogP contribution in [-0.2, 0) is 4.79 Å². The molecule has 0 unspecified atom stereocenters. The first kappa shape index (κ1) is 18.8. The van der Waals surface area contributed by atoms with Gasteiger partial charge in [-0.1, -0.05) is 19.3 Å². The molecule has 0 saturated carbocycles. The number of H-pyrrole nitrogens is 1. The summed E-state index contributed by atoms with van der Waals surface area (Å²) in [6.07, 6.45) is 4.45. The Morgan fingerprint density at radius 3 is 2.64 bits per heavy atom. The molecule has 2 rings (SSSR count). The molecular weight excluding hydrogens is 327 g/mol. The number of carbonyl (C=O) groups is 2. The van der Waals surface area contributed by atoms with E-state index in [0.29, 0.717) is 29.8 Å². The standard InChI is InChI=1S/C18H23FN2O4/c1-25-15-9-8-13(19)17-12(15)11-14(21-17)18(24)20-10-6-4-2-3-5-7-16(22)23/h8-9,11,21H,2-7,10H2,1H3,(H,20,24)(H,22,23). The van der Waals surface area contributed by atoms with Gasteiger partial charge in [-0.25, -0.2) is 4.39 Å². The number of benzene rings is 1. The topological polar surface area (TPSA) is 91.4 Å². The van der Waals surface area contributed by atoms with Crippen molar-refractivity contribution in [3.8, 4) is 5.75 Å². The summed E-state index contributed by atoms with van der Waals surface area (Å²) >= 11 is 0. The maximum absolute atomic E-state index is 13.8. The number of halogens is 1. The molecule has 0 fully saturated rings. The molecule has 3 N–H and O–H groups in total. The molecule has 2 aromatic rings. The molecule has 136 valence electrons. The summed E-state index contributed by atoms with van der Waals surface area (Å²) in [4.78, 5) is 25.3. The predicted molar refractivity (Wildman–Crippen MR) is 92.5 cm³/mol. The molecule has 1 heterocycles. The van der Waals surface area contributed by atoms with Gasteiger partial charge in [-0.05, 0) is 31.0 Å². The van der Waals surface area contributed by atoms with E-state index < -0.39 is 11.8 Å². The maximum atomic E-state index is 13.8. The van der Waals surface area contributed by atoms with E-state index in [1.165, 1.54) is 19.2 Å². The van der Waals surface area contributed by atoms with Crippen molar-refractivity contribution in [2.45, 2.75) is 38.5 Å². The van der Waals surface area contributed by atoms with Crippen LogP contribution in [0.5, 0.6) is 5.75 Å². The van der Waals surface area contributed by atoms with Crippen LogP contribution >= 0.6 is 0 Å². The summed E-state index contributed by atoms with van der Waals surface area (Å²) in [7, 11) is 1.50. The second-order valence-corrected chi connectivity index (χ2v) is 5.89. The number of fused-ring (bicyclic) bond motifs is 1. The third kappa shape index (κ3) is 5.20. The number of carboxylic acids is 1. The molecular formula is C18H23FN2O4. The highest BCUT2D eigenvalue weighted by Gasteiger charge is 2.14. The first-order valence-electron chi connectivity index (χ1n) is 8.38. The normalized spacial score (nSPS) is 10.8. The number of aromatic amines is 1. The van der Waals surface area contributed by atoms with Crippen molar-refractivity contribution in [1.82, 2.24) is 10.3 Å². The Labute approximate surface area is 145 Å². The average Bonchev–Trinajstić information content (AvgIpc) is 3.03. The van der Waals surface area contributed by atoms with Gasteiger partial charge in [-0.2, -0.15) is 0 Å². The minimum absolute atomic E-state index is 0.205. The molecule has 0 radical (unpaired) electrons. The number of nitrogens with one attached hydrogen (secondary N) is 2. The molecule has 0 spiro atoms. The first-order chi connectivity index (χ1) is 12.0. The number of ether oxygens (including phenoxy) is 1. The third-order valence-electron chi connectivity index (χ3n) is 4.02. The second kappa shape index (κ2) is 9.05. The van der Waals surface area contributed by atoms with Gasteiger partial charge in [0.1, 0.15) is 17.3 Å². The summed E-state index contributed by atoms with van der Waals surface area (Å²) in [5.41, 5.74) is 0.544. The lowest BCUT2D eigenvalue weighted by Gasteiger charge is -2.03. The molecule has 6 nitrogen and oxygen atoms in total. The SMILES string of the molecule is COc1ccc(F)c2[nH]c(C(=O)NCCCCCCCC(=O)O)cc12. The first-order valence-corrected chi connectivity index (χ1v) is 8.38. The molecule has 25 heavy (non-hydrogen) atoms. The molecule has 1 aromatic heterocycles. The Bertz CT molecular complexity index is 742. The molecule has 0 aliphatic heterocycles. The zero-order chi connectivity index (χ0) is 18.2. The molecule has 7 heteroatoms. The van der Waals surface area contributed by atoms with Crippen molar-refractivity contribution in [2.75, 3.05) is 13.7 Å². The maximum Gasteiger partial charge on any atom is 0.303 e. The summed E-state index contributed by atoms with van der Waals surface area (Å²) in [5, 5.41) is 11.9. The van der Waals surface area contributed by atoms with E-state index in [-0.39, 0.29) is 17.8 Å². The fourth-order valence-electron chi connectivity index (χ4n) is 2.69. The van der Waals surface area contributed by atoms with E-state index in [4.69, 9.17) is 9.84 Å². The Balaban J connectivity index is 1.79. The van der Waals surface area contributed by atoms with Gasteiger partial charge >= 0.3 is 5.97 Å². The number of carbonyl (C=O) groups excluding carboxylic acids is 1. The van der Waals surface area contributed by atoms with Gasteiger partial charge < -0.3 is 20.1 Å². The zero-order valence-corrected chi connectivity index (χ0v) is 14.2. The molecule has 0 saturated heterocycles. The van der Waals surface area contributed by atoms with Crippen LogP contribution in [-0.4, -0.2) is 35.6 Å². The average molecular weight is 350 g/mol. The number of methoxy groups -OCH3 is 1. The minimum Gasteiger partial charge on any atom is -0.496 e. The van der Waals surface area contributed by atoms with Crippen molar-refractivity contribution in [1.29, 1.82) is 0 Å². The Morgan fingerprint density at radius 2 is 1.92 bits per heavy atom. The highest BCUT2D eigenvalue weighted by molar-refractivity contribution is 5.99. The number of hydrogen-bond donors (Lipinski definition) is 3. The summed E-state index contributed by atoms with van der Waals surface area (Å²) in [6, 6.07) is 4.40. The molecule has 0 aliphatic rings. The van der Waals surface area contributed by atoms with Crippen LogP contribution in [0.2, 0.25) is 0 Å². The van der Waals surface area contributed by atoms with Crippen LogP contribution in [0.15, 0.2) is 18.2 Å². The summed E-state index contributed by atoms with van der Waals surface area (Å²) in [6.45, 7) is 0.521. The van der Waals surface area contributed by atoms with Crippen molar-refractivity contribution in [2.24, 2.45) is 0 Å². The lowest BCUT2D eigenvalue weighted by molar-refractivity contribution is -0.137. The third-order valence-corrected chi connectivity index (χ3v) is 4.02. The number of unbranched alkanes of at least 4 members (excludes halogenated alkanes) is 4. The molecule has 0 bridgehead atoms. The predicted octanol–water partition coefficient (Wildman–Crippen LogP) is 3.47. The summed E-state index contributed by atoms with van der Waals surface area (Å²) < 4.78 is 19.0. The quantitative estimate of drug-likeness (QED) is 0.572. The highest BCUT2D eigenvalue weighted by atomic mass is 19.1. The van der Waals surface area contributed by atoms with Gasteiger partial charge in [0.15, 0.2) is 0 Å². The fraction of sp³-hybridized carbons (Fsp3) is 0.444. The molecule has 1 amide bonds. The van der Waals surface area contributed by atoms with Crippen LogP contribution in [0.25, 0.3) is 10.9 Å². The second-order valence-electron chi connectivity index (χ2n) is 5.89. The molecule has 1 aromatic carbocycles. The van der Waals surface area contributed by atoms with Crippen molar-refractivity contribution in [3.63, 3.8) is 0 Å². The smallest absolute Gasteiger partial charge is 0.303 e. The Kier molecular flexibility index (Phi) is 6.80. The number of amides is 1. The highest BCUT2D eigenvalue weighted by Crippen LogP contribution is 2.28. The van der Waals surface area contributed by atoms with Crippen LogP contribution in [0.4, 0.5) is 4.39 Å². The lowest BCUT2D eigenvalue weighted by Crippen LogP contribution is -2.24. The van der Waals surface area contributed by atoms with Gasteiger partial charge in [0.2, 0.25) is 0 Å². The monoisotopic (exact) mass is 350 g/mol. The summed E-state index contributed by atoms with van der Waals surface area (Å²) in [5.74, 6) is -0.980. The van der Waals surface area contributed by atoms with E-state index in [1.807, 2.05) is 0 Å². The van der Waals surface area contributed by atoms with Crippen molar-refractivity contribution < 1.29 is 23.8 Å². The lowest BCUT2D eigenvalue weighted by atomic mass is 10.1.